The average molecular weight is 445 g/mol. The van der Waals surface area contributed by atoms with Crippen molar-refractivity contribution in [2.24, 2.45) is 0 Å². The summed E-state index contributed by atoms with van der Waals surface area (Å²) in [7, 11) is -3.70. The van der Waals surface area contributed by atoms with E-state index in [2.05, 4.69) is 5.32 Å². The van der Waals surface area contributed by atoms with Gasteiger partial charge in [-0.25, -0.2) is 8.42 Å². The molecular weight excluding hydrogens is 416 g/mol. The van der Waals surface area contributed by atoms with Gasteiger partial charge in [0, 0.05) is 18.7 Å². The van der Waals surface area contributed by atoms with Gasteiger partial charge in [-0.2, -0.15) is 4.31 Å². The SMILES string of the molecule is Cc1ccc(C(=O)C(=O)Nc2cc(S(=O)(=O)N3CCCCC3)ccc2OC(C)C)cc1. The predicted octanol–water partition coefficient (Wildman–Crippen LogP) is 3.78. The molecule has 0 radical (unpaired) electrons. The molecule has 1 heterocycles. The van der Waals surface area contributed by atoms with Crippen LogP contribution in [-0.2, 0) is 14.8 Å². The minimum absolute atomic E-state index is 0.0589. The number of anilines is 1. The Kier molecular flexibility index (Phi) is 7.12. The highest BCUT2D eigenvalue weighted by Crippen LogP contribution is 2.31. The first-order valence-corrected chi connectivity index (χ1v) is 11.9. The molecule has 1 fully saturated rings. The summed E-state index contributed by atoms with van der Waals surface area (Å²) in [5.74, 6) is -1.26. The van der Waals surface area contributed by atoms with Crippen LogP contribution in [-0.4, -0.2) is 43.6 Å². The van der Waals surface area contributed by atoms with Gasteiger partial charge in [-0.15, -0.1) is 0 Å². The molecule has 1 N–H and O–H groups in total. The molecule has 1 aliphatic heterocycles. The van der Waals surface area contributed by atoms with Gasteiger partial charge in [-0.3, -0.25) is 9.59 Å². The van der Waals surface area contributed by atoms with Gasteiger partial charge in [0.05, 0.1) is 16.7 Å². The molecule has 31 heavy (non-hydrogen) atoms. The maximum atomic E-state index is 13.1. The maximum Gasteiger partial charge on any atom is 0.296 e. The van der Waals surface area contributed by atoms with Crippen LogP contribution in [0.4, 0.5) is 5.69 Å². The summed E-state index contributed by atoms with van der Waals surface area (Å²) in [6.45, 7) is 6.47. The topological polar surface area (TPSA) is 92.8 Å². The van der Waals surface area contributed by atoms with E-state index in [1.807, 2.05) is 20.8 Å². The Morgan fingerprint density at radius 2 is 1.65 bits per heavy atom. The van der Waals surface area contributed by atoms with E-state index in [1.165, 1.54) is 22.5 Å². The molecule has 8 heteroatoms. The van der Waals surface area contributed by atoms with Crippen LogP contribution in [0, 0.1) is 6.92 Å². The molecule has 3 rings (SSSR count). The molecular formula is C23H28N2O5S. The van der Waals surface area contributed by atoms with Gasteiger partial charge in [-0.05, 0) is 51.8 Å². The van der Waals surface area contributed by atoms with Crippen LogP contribution in [0.15, 0.2) is 47.4 Å². The highest BCUT2D eigenvalue weighted by Gasteiger charge is 2.27. The fourth-order valence-corrected chi connectivity index (χ4v) is 4.94. The molecule has 7 nitrogen and oxygen atoms in total. The number of nitrogens with one attached hydrogen (secondary N) is 1. The molecule has 1 saturated heterocycles. The molecule has 0 unspecified atom stereocenters. The van der Waals surface area contributed by atoms with Crippen molar-refractivity contribution in [1.82, 2.24) is 4.31 Å². The molecule has 2 aromatic carbocycles. The molecule has 166 valence electrons. The number of piperidine rings is 1. The lowest BCUT2D eigenvalue weighted by Gasteiger charge is -2.26. The largest absolute Gasteiger partial charge is 0.489 e. The number of carbonyl (C=O) groups is 2. The number of nitrogens with zero attached hydrogens (tertiary/aromatic N) is 1. The van der Waals surface area contributed by atoms with Crippen molar-refractivity contribution >= 4 is 27.4 Å². The van der Waals surface area contributed by atoms with E-state index in [-0.39, 0.29) is 22.3 Å². The van der Waals surface area contributed by atoms with Crippen molar-refractivity contribution < 1.29 is 22.7 Å². The number of aryl methyl sites for hydroxylation is 1. The number of ketones is 1. The van der Waals surface area contributed by atoms with E-state index in [0.29, 0.717) is 18.8 Å². The summed E-state index contributed by atoms with van der Waals surface area (Å²) >= 11 is 0. The Morgan fingerprint density at radius 3 is 2.26 bits per heavy atom. The number of Topliss-reactive ketones (excluding diaryl/α,β-unsaturated/α-hetero) is 1. The van der Waals surface area contributed by atoms with Crippen molar-refractivity contribution in [3.05, 3.63) is 53.6 Å². The first-order valence-electron chi connectivity index (χ1n) is 10.4. The van der Waals surface area contributed by atoms with Crippen LogP contribution < -0.4 is 10.1 Å². The third kappa shape index (κ3) is 5.51. The number of ether oxygens (including phenoxy) is 1. The fourth-order valence-electron chi connectivity index (χ4n) is 3.39. The Labute approximate surface area is 183 Å². The molecule has 0 aromatic heterocycles. The van der Waals surface area contributed by atoms with Gasteiger partial charge < -0.3 is 10.1 Å². The van der Waals surface area contributed by atoms with Crippen LogP contribution >= 0.6 is 0 Å². The van der Waals surface area contributed by atoms with E-state index < -0.39 is 21.7 Å². The van der Waals surface area contributed by atoms with Crippen molar-refractivity contribution in [3.8, 4) is 5.75 Å². The second kappa shape index (κ2) is 9.62. The van der Waals surface area contributed by atoms with Crippen LogP contribution in [0.2, 0.25) is 0 Å². The van der Waals surface area contributed by atoms with Crippen molar-refractivity contribution in [1.29, 1.82) is 0 Å². The van der Waals surface area contributed by atoms with Crippen LogP contribution in [0.25, 0.3) is 0 Å². The zero-order chi connectivity index (χ0) is 22.6. The Bertz CT molecular complexity index is 1060. The second-order valence-corrected chi connectivity index (χ2v) is 9.88. The predicted molar refractivity (Wildman–Crippen MR) is 119 cm³/mol. The summed E-state index contributed by atoms with van der Waals surface area (Å²) < 4.78 is 33.3. The molecule has 0 bridgehead atoms. The Morgan fingerprint density at radius 1 is 1.00 bits per heavy atom. The summed E-state index contributed by atoms with van der Waals surface area (Å²) in [5, 5.41) is 2.55. The van der Waals surface area contributed by atoms with E-state index in [1.54, 1.807) is 24.3 Å². The first-order chi connectivity index (χ1) is 14.7. The number of sulfonamides is 1. The lowest BCUT2D eigenvalue weighted by atomic mass is 10.1. The standard InChI is InChI=1S/C23H28N2O5S/c1-16(2)30-21-12-11-19(31(28,29)25-13-5-4-6-14-25)15-20(21)24-23(27)22(26)18-9-7-17(3)8-10-18/h7-12,15-16H,4-6,13-14H2,1-3H3,(H,24,27). The third-order valence-electron chi connectivity index (χ3n) is 5.03. The molecule has 1 aliphatic rings. The zero-order valence-electron chi connectivity index (χ0n) is 18.1. The number of rotatable bonds is 7. The quantitative estimate of drug-likeness (QED) is 0.518. The number of hydrogen-bond acceptors (Lipinski definition) is 5. The summed E-state index contributed by atoms with van der Waals surface area (Å²) in [4.78, 5) is 25.2. The minimum Gasteiger partial charge on any atom is -0.489 e. The Hall–Kier alpha value is -2.71. The molecule has 0 atom stereocenters. The van der Waals surface area contributed by atoms with Gasteiger partial charge in [-0.1, -0.05) is 36.2 Å². The van der Waals surface area contributed by atoms with E-state index in [9.17, 15) is 18.0 Å². The minimum atomic E-state index is -3.70. The highest BCUT2D eigenvalue weighted by atomic mass is 32.2. The fraction of sp³-hybridized carbons (Fsp3) is 0.391. The molecule has 0 aliphatic carbocycles. The normalized spacial score (nSPS) is 15.0. The van der Waals surface area contributed by atoms with Gasteiger partial charge in [0.2, 0.25) is 10.0 Å². The van der Waals surface area contributed by atoms with Gasteiger partial charge >= 0.3 is 0 Å². The summed E-state index contributed by atoms with van der Waals surface area (Å²) in [6.07, 6.45) is 2.45. The first kappa shape index (κ1) is 23.0. The van der Waals surface area contributed by atoms with Gasteiger partial charge in [0.15, 0.2) is 0 Å². The maximum absolute atomic E-state index is 13.1. The van der Waals surface area contributed by atoms with Gasteiger partial charge in [0.1, 0.15) is 5.75 Å². The zero-order valence-corrected chi connectivity index (χ0v) is 18.9. The number of benzene rings is 2. The van der Waals surface area contributed by atoms with Crippen LogP contribution in [0.3, 0.4) is 0 Å². The van der Waals surface area contributed by atoms with Gasteiger partial charge in [0.25, 0.3) is 11.7 Å². The third-order valence-corrected chi connectivity index (χ3v) is 6.93. The van der Waals surface area contributed by atoms with Crippen molar-refractivity contribution in [3.63, 3.8) is 0 Å². The lowest BCUT2D eigenvalue weighted by molar-refractivity contribution is -0.112. The average Bonchev–Trinajstić information content (AvgIpc) is 2.75. The molecule has 0 saturated carbocycles. The van der Waals surface area contributed by atoms with E-state index in [4.69, 9.17) is 4.74 Å². The summed E-state index contributed by atoms with van der Waals surface area (Å²) in [5.41, 5.74) is 1.38. The van der Waals surface area contributed by atoms with Crippen LogP contribution in [0.1, 0.15) is 49.0 Å². The smallest absolute Gasteiger partial charge is 0.296 e. The highest BCUT2D eigenvalue weighted by molar-refractivity contribution is 7.89. The number of carbonyl (C=O) groups excluding carboxylic acids is 2. The number of hydrogen-bond donors (Lipinski definition) is 1. The monoisotopic (exact) mass is 444 g/mol. The van der Waals surface area contributed by atoms with E-state index in [0.717, 1.165) is 24.8 Å². The van der Waals surface area contributed by atoms with Crippen molar-refractivity contribution in [2.45, 2.75) is 51.0 Å². The number of amides is 1. The lowest BCUT2D eigenvalue weighted by Crippen LogP contribution is -2.35. The Balaban J connectivity index is 1.90. The second-order valence-electron chi connectivity index (χ2n) is 7.94. The van der Waals surface area contributed by atoms with Crippen molar-refractivity contribution in [2.75, 3.05) is 18.4 Å². The molecule has 0 spiro atoms. The molecule has 1 amide bonds. The summed E-state index contributed by atoms with van der Waals surface area (Å²) in [6, 6.07) is 11.0. The molecule has 2 aromatic rings. The van der Waals surface area contributed by atoms with E-state index >= 15 is 0 Å². The van der Waals surface area contributed by atoms with Crippen LogP contribution in [0.5, 0.6) is 5.75 Å².